The molecule has 0 saturated heterocycles. The van der Waals surface area contributed by atoms with Gasteiger partial charge in [-0.25, -0.2) is 0 Å². The zero-order valence-corrected chi connectivity index (χ0v) is 26.8. The van der Waals surface area contributed by atoms with E-state index < -0.39 is 0 Å². The number of fused-ring (bicyclic) bond motifs is 10. The molecule has 0 amide bonds. The van der Waals surface area contributed by atoms with Crippen LogP contribution >= 0.6 is 0 Å². The second-order valence-corrected chi connectivity index (χ2v) is 17.2. The first kappa shape index (κ1) is 29.5. The fourth-order valence-electron chi connectivity index (χ4n) is 13.1. The maximum Gasteiger partial charge on any atom is 0.155 e. The lowest BCUT2D eigenvalue weighted by atomic mass is 9.47. The lowest BCUT2D eigenvalue weighted by Crippen LogP contribution is -2.51. The van der Waals surface area contributed by atoms with Gasteiger partial charge in [-0.3, -0.25) is 9.59 Å². The highest BCUT2D eigenvalue weighted by Crippen LogP contribution is 2.66. The van der Waals surface area contributed by atoms with Crippen LogP contribution in [0.25, 0.3) is 0 Å². The molecule has 12 unspecified atom stereocenters. The molecular weight excluding hydrogens is 520 g/mol. The zero-order chi connectivity index (χ0) is 29.7. The van der Waals surface area contributed by atoms with E-state index in [2.05, 4.69) is 27.7 Å². The van der Waals surface area contributed by atoms with Gasteiger partial charge in [0.15, 0.2) is 11.6 Å². The van der Waals surface area contributed by atoms with Crippen LogP contribution in [0.5, 0.6) is 0 Å². The number of hydrogen-bond donors (Lipinski definition) is 2. The van der Waals surface area contributed by atoms with Crippen molar-refractivity contribution in [2.75, 3.05) is 0 Å². The predicted octanol–water partition coefficient (Wildman–Crippen LogP) is 7.76. The van der Waals surface area contributed by atoms with Crippen molar-refractivity contribution >= 4 is 11.6 Å². The van der Waals surface area contributed by atoms with E-state index in [0.717, 1.165) is 75.0 Å². The number of aliphatic hydroxyl groups is 2. The molecule has 8 aliphatic carbocycles. The van der Waals surface area contributed by atoms with Crippen LogP contribution < -0.4 is 0 Å². The Morgan fingerprint density at radius 1 is 0.524 bits per heavy atom. The zero-order valence-electron chi connectivity index (χ0n) is 26.8. The van der Waals surface area contributed by atoms with Gasteiger partial charge in [0.2, 0.25) is 0 Å². The second-order valence-electron chi connectivity index (χ2n) is 17.2. The normalized spacial score (nSPS) is 52.7. The van der Waals surface area contributed by atoms with Gasteiger partial charge in [-0.2, -0.15) is 0 Å². The van der Waals surface area contributed by atoms with Gasteiger partial charge in [0.1, 0.15) is 0 Å². The molecule has 0 radical (unpaired) electrons. The molecule has 2 N–H and O–H groups in total. The molecule has 6 fully saturated rings. The third kappa shape index (κ3) is 4.19. The molecule has 8 rings (SSSR count). The third-order valence-corrected chi connectivity index (χ3v) is 15.8. The Morgan fingerprint density at radius 3 is 1.33 bits per heavy atom. The average molecular weight is 577 g/mol. The molecule has 0 aromatic heterocycles. The van der Waals surface area contributed by atoms with E-state index in [1.54, 1.807) is 0 Å². The Hall–Kier alpha value is -1.26. The van der Waals surface area contributed by atoms with Crippen LogP contribution in [0.2, 0.25) is 0 Å². The van der Waals surface area contributed by atoms with Crippen LogP contribution in [-0.4, -0.2) is 34.0 Å². The van der Waals surface area contributed by atoms with Gasteiger partial charge in [-0.15, -0.1) is 0 Å². The maximum absolute atomic E-state index is 11.8. The largest absolute Gasteiger partial charge is 0.393 e. The maximum atomic E-state index is 11.8. The summed E-state index contributed by atoms with van der Waals surface area (Å²) in [7, 11) is 0. The summed E-state index contributed by atoms with van der Waals surface area (Å²) in [5.74, 6) is 5.15. The molecule has 42 heavy (non-hydrogen) atoms. The summed E-state index contributed by atoms with van der Waals surface area (Å²) in [4.78, 5) is 23.6. The number of allylic oxidation sites excluding steroid dienone is 2. The minimum absolute atomic E-state index is 0.0823. The summed E-state index contributed by atoms with van der Waals surface area (Å²) in [5, 5.41) is 20.9. The SMILES string of the molecule is CC12CCC(=O)C=C1CCC1C2CCC2(C)C(O)CCC12.CC12CCC(=O)C=C1CCC1C2CCC2(C)C(O)CCC12. The molecule has 0 heterocycles. The van der Waals surface area contributed by atoms with E-state index in [1.807, 2.05) is 12.2 Å². The lowest BCUT2D eigenvalue weighted by Gasteiger charge is -2.57. The van der Waals surface area contributed by atoms with E-state index >= 15 is 0 Å². The quantitative estimate of drug-likeness (QED) is 0.309. The topological polar surface area (TPSA) is 74.6 Å². The van der Waals surface area contributed by atoms with Crippen LogP contribution in [-0.2, 0) is 9.59 Å². The van der Waals surface area contributed by atoms with Gasteiger partial charge in [-0.05, 0) is 159 Å². The molecule has 0 spiro atoms. The van der Waals surface area contributed by atoms with Crippen molar-refractivity contribution in [1.29, 1.82) is 0 Å². The number of ketones is 2. The van der Waals surface area contributed by atoms with Crippen molar-refractivity contribution in [1.82, 2.24) is 0 Å². The van der Waals surface area contributed by atoms with Crippen LogP contribution in [0.1, 0.15) is 130 Å². The van der Waals surface area contributed by atoms with Gasteiger partial charge < -0.3 is 10.2 Å². The fourth-order valence-corrected chi connectivity index (χ4v) is 13.1. The average Bonchev–Trinajstić information content (AvgIpc) is 3.44. The Morgan fingerprint density at radius 2 is 0.929 bits per heavy atom. The van der Waals surface area contributed by atoms with Gasteiger partial charge in [-0.1, -0.05) is 38.8 Å². The van der Waals surface area contributed by atoms with Crippen molar-refractivity contribution in [3.05, 3.63) is 23.3 Å². The number of rotatable bonds is 0. The minimum atomic E-state index is -0.0823. The molecular formula is C38H56O4. The fraction of sp³-hybridized carbons (Fsp3) is 0.842. The second kappa shape index (κ2) is 10.1. The molecule has 8 aliphatic rings. The number of carbonyl (C=O) groups excluding carboxylic acids is 2. The third-order valence-electron chi connectivity index (χ3n) is 15.8. The van der Waals surface area contributed by atoms with Crippen LogP contribution in [0.15, 0.2) is 23.3 Å². The molecule has 0 aliphatic heterocycles. The molecule has 0 aromatic carbocycles. The highest BCUT2D eigenvalue weighted by Gasteiger charge is 2.60. The van der Waals surface area contributed by atoms with Crippen LogP contribution in [0.3, 0.4) is 0 Å². The first-order valence-electron chi connectivity index (χ1n) is 17.7. The molecule has 4 nitrogen and oxygen atoms in total. The Kier molecular flexibility index (Phi) is 7.10. The van der Waals surface area contributed by atoms with Crippen molar-refractivity contribution in [3.8, 4) is 0 Å². The Bertz CT molecular complexity index is 1110. The summed E-state index contributed by atoms with van der Waals surface area (Å²) in [6.45, 7) is 9.53. The van der Waals surface area contributed by atoms with Crippen molar-refractivity contribution < 1.29 is 19.8 Å². The highest BCUT2D eigenvalue weighted by atomic mass is 16.3. The van der Waals surface area contributed by atoms with Crippen molar-refractivity contribution in [2.24, 2.45) is 57.2 Å². The number of hydrogen-bond acceptors (Lipinski definition) is 4. The van der Waals surface area contributed by atoms with Gasteiger partial charge >= 0.3 is 0 Å². The molecule has 12 atom stereocenters. The van der Waals surface area contributed by atoms with E-state index in [-0.39, 0.29) is 33.9 Å². The monoisotopic (exact) mass is 576 g/mol. The number of aliphatic hydroxyl groups excluding tert-OH is 2. The Labute approximate surface area is 254 Å². The van der Waals surface area contributed by atoms with Crippen LogP contribution in [0, 0.1) is 57.2 Å². The lowest BCUT2D eigenvalue weighted by molar-refractivity contribution is -0.118. The van der Waals surface area contributed by atoms with E-state index in [9.17, 15) is 19.8 Å². The van der Waals surface area contributed by atoms with Crippen molar-refractivity contribution in [3.63, 3.8) is 0 Å². The van der Waals surface area contributed by atoms with Crippen LogP contribution in [0.4, 0.5) is 0 Å². The molecule has 232 valence electrons. The van der Waals surface area contributed by atoms with E-state index in [1.165, 1.54) is 62.5 Å². The summed E-state index contributed by atoms with van der Waals surface area (Å²) in [5.41, 5.74) is 3.77. The standard InChI is InChI=1S/2C19H28O2/c2*1-18-9-7-13(20)11-12(18)3-4-14-15-5-6-17(21)19(15,2)10-8-16(14)18/h2*11,14-17,21H,3-10H2,1-2H3. The van der Waals surface area contributed by atoms with E-state index in [4.69, 9.17) is 0 Å². The highest BCUT2D eigenvalue weighted by molar-refractivity contribution is 5.92. The summed E-state index contributed by atoms with van der Waals surface area (Å²) in [6, 6.07) is 0. The van der Waals surface area contributed by atoms with Gasteiger partial charge in [0, 0.05) is 12.8 Å². The molecule has 6 saturated carbocycles. The smallest absolute Gasteiger partial charge is 0.155 e. The molecule has 0 aromatic rings. The molecule has 4 heteroatoms. The predicted molar refractivity (Wildman–Crippen MR) is 165 cm³/mol. The first-order valence-corrected chi connectivity index (χ1v) is 17.7. The summed E-state index contributed by atoms with van der Waals surface area (Å²) < 4.78 is 0. The summed E-state index contributed by atoms with van der Waals surface area (Å²) in [6.07, 6.45) is 21.4. The number of carbonyl (C=O) groups is 2. The molecule has 0 bridgehead atoms. The van der Waals surface area contributed by atoms with Crippen molar-refractivity contribution in [2.45, 2.75) is 143 Å². The van der Waals surface area contributed by atoms with Gasteiger partial charge in [0.05, 0.1) is 12.2 Å². The van der Waals surface area contributed by atoms with Gasteiger partial charge in [0.25, 0.3) is 0 Å². The summed E-state index contributed by atoms with van der Waals surface area (Å²) >= 11 is 0. The van der Waals surface area contributed by atoms with E-state index in [0.29, 0.717) is 23.4 Å². The first-order chi connectivity index (χ1) is 19.9. The Balaban J connectivity index is 0.000000137. The minimum Gasteiger partial charge on any atom is -0.393 e.